The Morgan fingerprint density at radius 2 is 1.11 bits per heavy atom. The highest BCUT2D eigenvalue weighted by molar-refractivity contribution is 7.23. The minimum absolute atomic E-state index is 0.288. The van der Waals surface area contributed by atoms with E-state index in [1.807, 2.05) is 0 Å². The Bertz CT molecular complexity index is 208. The van der Waals surface area contributed by atoms with Gasteiger partial charge in [-0.1, -0.05) is 87.0 Å². The second-order valence-corrected chi connectivity index (χ2v) is 14.9. The van der Waals surface area contributed by atoms with Crippen LogP contribution >= 0.6 is 11.1 Å². The molecule has 0 amide bonds. The first kappa shape index (κ1) is 18.5. The molecule has 0 aliphatic rings. The third kappa shape index (κ3) is 5.25. The summed E-state index contributed by atoms with van der Waals surface area (Å²) in [5, 5.41) is 0.576. The lowest BCUT2D eigenvalue weighted by Gasteiger charge is -2.47. The van der Waals surface area contributed by atoms with E-state index in [9.17, 15) is 0 Å². The Morgan fingerprint density at radius 3 is 1.50 bits per heavy atom. The van der Waals surface area contributed by atoms with E-state index in [0.29, 0.717) is 0 Å². The van der Waals surface area contributed by atoms with Crippen molar-refractivity contribution in [3.05, 3.63) is 0 Å². The van der Waals surface area contributed by atoms with E-state index in [1.165, 1.54) is 44.6 Å². The van der Waals surface area contributed by atoms with Crippen molar-refractivity contribution in [1.29, 1.82) is 0 Å². The van der Waals surface area contributed by atoms with Crippen LogP contribution in [0, 0.1) is 0 Å². The van der Waals surface area contributed by atoms with Gasteiger partial charge in [-0.2, -0.15) is 11.1 Å². The van der Waals surface area contributed by atoms with Crippen LogP contribution in [0.25, 0.3) is 0 Å². The fourth-order valence-corrected chi connectivity index (χ4v) is 7.91. The first-order chi connectivity index (χ1) is 8.06. The molecule has 0 aliphatic heterocycles. The summed E-state index contributed by atoms with van der Waals surface area (Å²) < 4.78 is 0. The molecule has 0 aromatic carbocycles. The van der Waals surface area contributed by atoms with Gasteiger partial charge in [-0.15, -0.1) is 0 Å². The lowest BCUT2D eigenvalue weighted by molar-refractivity contribution is 0.593. The third-order valence-electron chi connectivity index (χ3n) is 4.25. The molecule has 2 heteroatoms. The van der Waals surface area contributed by atoms with Crippen molar-refractivity contribution in [2.75, 3.05) is 0 Å². The number of hydrogen-bond acceptors (Lipinski definition) is 0. The lowest BCUT2D eigenvalue weighted by Crippen LogP contribution is -2.46. The average Bonchev–Trinajstić information content (AvgIpc) is 2.19. The smallest absolute Gasteiger partial charge is 0.166 e. The molecule has 0 bridgehead atoms. The molecule has 110 valence electrons. The summed E-state index contributed by atoms with van der Waals surface area (Å²) in [6.45, 7) is 16.3. The van der Waals surface area contributed by atoms with E-state index in [1.54, 1.807) is 0 Å². The van der Waals surface area contributed by atoms with Gasteiger partial charge in [0.1, 0.15) is 0 Å². The van der Waals surface area contributed by atoms with Crippen molar-refractivity contribution in [3.8, 4) is 0 Å². The molecule has 0 aromatic heterocycles. The van der Waals surface area contributed by atoms with Gasteiger partial charge < -0.3 is 0 Å². The molecule has 0 heterocycles. The molecule has 0 saturated carbocycles. The van der Waals surface area contributed by atoms with Gasteiger partial charge in [-0.25, -0.2) is 0 Å². The first-order valence-corrected chi connectivity index (χ1v) is 11.0. The van der Waals surface area contributed by atoms with Crippen molar-refractivity contribution in [3.63, 3.8) is 0 Å². The average molecular weight is 291 g/mol. The summed E-state index contributed by atoms with van der Waals surface area (Å²) >= 11 is 7.17. The number of rotatable bonds is 7. The summed E-state index contributed by atoms with van der Waals surface area (Å²) in [4.78, 5) is 0. The molecule has 0 nitrogen and oxygen atoms in total. The summed E-state index contributed by atoms with van der Waals surface area (Å²) in [5.41, 5.74) is 0. The van der Waals surface area contributed by atoms with Crippen LogP contribution in [0.2, 0.25) is 16.1 Å². The van der Waals surface area contributed by atoms with Crippen LogP contribution < -0.4 is 0 Å². The van der Waals surface area contributed by atoms with Gasteiger partial charge in [0.15, 0.2) is 7.38 Å². The topological polar surface area (TPSA) is 0 Å². The first-order valence-electron chi connectivity index (χ1n) is 7.75. The van der Waals surface area contributed by atoms with Crippen LogP contribution in [-0.2, 0) is 0 Å². The summed E-state index contributed by atoms with van der Waals surface area (Å²) in [7, 11) is -1.75. The molecule has 18 heavy (non-hydrogen) atoms. The van der Waals surface area contributed by atoms with E-state index in [4.69, 9.17) is 11.1 Å². The molecule has 0 saturated heterocycles. The maximum Gasteiger partial charge on any atom is 0.167 e. The molecule has 0 atom stereocenters. The lowest BCUT2D eigenvalue weighted by atomic mass is 10.1. The van der Waals surface area contributed by atoms with E-state index in [0.717, 1.165) is 0 Å². The molecule has 0 N–H and O–H groups in total. The Morgan fingerprint density at radius 1 is 0.722 bits per heavy atom. The van der Waals surface area contributed by atoms with Gasteiger partial charge in [-0.3, -0.25) is 0 Å². The molecule has 0 fully saturated rings. The van der Waals surface area contributed by atoms with Crippen LogP contribution in [0.4, 0.5) is 0 Å². The monoisotopic (exact) mass is 290 g/mol. The summed E-state index contributed by atoms with van der Waals surface area (Å²) in [6, 6.07) is 1.27. The van der Waals surface area contributed by atoms with E-state index in [-0.39, 0.29) is 10.1 Å². The highest BCUT2D eigenvalue weighted by atomic mass is 35.6. The van der Waals surface area contributed by atoms with Crippen molar-refractivity contribution in [1.82, 2.24) is 0 Å². The van der Waals surface area contributed by atoms with Gasteiger partial charge in [0.2, 0.25) is 0 Å². The summed E-state index contributed by atoms with van der Waals surface area (Å²) in [5.74, 6) is 0. The standard InChI is InChI=1S/C16H35ClSi/c1-8-9-10-11-12-13-14-18(17,15(2,3)4)16(5,6)7/h8-14H2,1-7H3. The molecule has 0 unspecified atom stereocenters. The van der Waals surface area contributed by atoms with Crippen molar-refractivity contribution in [2.24, 2.45) is 0 Å². The predicted octanol–water partition coefficient (Wildman–Crippen LogP) is 7.13. The van der Waals surface area contributed by atoms with Crippen LogP contribution in [0.3, 0.4) is 0 Å². The van der Waals surface area contributed by atoms with Gasteiger partial charge >= 0.3 is 0 Å². The highest BCUT2D eigenvalue weighted by Crippen LogP contribution is 2.56. The maximum absolute atomic E-state index is 7.17. The van der Waals surface area contributed by atoms with Crippen LogP contribution in [0.1, 0.15) is 87.0 Å². The molecule has 0 aliphatic carbocycles. The zero-order chi connectivity index (χ0) is 14.4. The van der Waals surface area contributed by atoms with Crippen molar-refractivity contribution >= 4 is 18.5 Å². The quantitative estimate of drug-likeness (QED) is 0.266. The van der Waals surface area contributed by atoms with Gasteiger partial charge in [0.25, 0.3) is 0 Å². The van der Waals surface area contributed by atoms with Crippen LogP contribution in [-0.4, -0.2) is 7.38 Å². The molecule has 0 rings (SSSR count). The van der Waals surface area contributed by atoms with E-state index in [2.05, 4.69) is 48.5 Å². The second-order valence-electron chi connectivity index (χ2n) is 7.82. The van der Waals surface area contributed by atoms with E-state index >= 15 is 0 Å². The Hall–Kier alpha value is 0.507. The SMILES string of the molecule is CCCCCCCC[Si](Cl)(C(C)(C)C)C(C)(C)C. The third-order valence-corrected chi connectivity index (χ3v) is 14.0. The molecule has 0 radical (unpaired) electrons. The van der Waals surface area contributed by atoms with Crippen molar-refractivity contribution < 1.29 is 0 Å². The van der Waals surface area contributed by atoms with Gasteiger partial charge in [0, 0.05) is 0 Å². The maximum atomic E-state index is 7.17. The zero-order valence-electron chi connectivity index (χ0n) is 13.8. The normalized spacial score (nSPS) is 14.0. The number of halogens is 1. The largest absolute Gasteiger partial charge is 0.167 e. The fraction of sp³-hybridized carbons (Fsp3) is 1.00. The predicted molar refractivity (Wildman–Crippen MR) is 89.2 cm³/mol. The Labute approximate surface area is 122 Å². The minimum Gasteiger partial charge on any atom is -0.166 e. The Kier molecular flexibility index (Phi) is 7.54. The molecule has 0 spiro atoms. The van der Waals surface area contributed by atoms with Crippen LogP contribution in [0.5, 0.6) is 0 Å². The van der Waals surface area contributed by atoms with E-state index < -0.39 is 7.38 Å². The Balaban J connectivity index is 4.30. The summed E-state index contributed by atoms with van der Waals surface area (Å²) in [6.07, 6.45) is 8.21. The highest BCUT2D eigenvalue weighted by Gasteiger charge is 2.51. The zero-order valence-corrected chi connectivity index (χ0v) is 15.6. The van der Waals surface area contributed by atoms with Gasteiger partial charge in [0.05, 0.1) is 0 Å². The number of unbranched alkanes of at least 4 members (excludes halogenated alkanes) is 5. The van der Waals surface area contributed by atoms with Crippen LogP contribution in [0.15, 0.2) is 0 Å². The van der Waals surface area contributed by atoms with Crippen molar-refractivity contribution in [2.45, 2.75) is 103 Å². The molecule has 0 aromatic rings. The fourth-order valence-electron chi connectivity index (χ4n) is 3.02. The second kappa shape index (κ2) is 7.33. The molecular formula is C16H35ClSi. The minimum atomic E-state index is -1.75. The molecular weight excluding hydrogens is 256 g/mol. The number of hydrogen-bond donors (Lipinski definition) is 0. The van der Waals surface area contributed by atoms with Gasteiger partial charge in [-0.05, 0) is 16.1 Å².